The topological polar surface area (TPSA) is 29.5 Å². The molecule has 1 aliphatic heterocycles. The molecule has 2 atom stereocenters. The minimum atomic E-state index is -0.310. The number of hydrogen-bond donors (Lipinski definition) is 1. The smallest absolute Gasteiger partial charge is 0.0773 e. The summed E-state index contributed by atoms with van der Waals surface area (Å²) in [5.74, 6) is 0.314. The van der Waals surface area contributed by atoms with Crippen molar-refractivity contribution in [2.24, 2.45) is 5.92 Å². The maximum atomic E-state index is 9.69. The van der Waals surface area contributed by atoms with Gasteiger partial charge in [-0.3, -0.25) is 0 Å². The van der Waals surface area contributed by atoms with Crippen LogP contribution in [-0.2, 0) is 4.74 Å². The molecule has 0 saturated carbocycles. The van der Waals surface area contributed by atoms with E-state index in [9.17, 15) is 5.11 Å². The van der Waals surface area contributed by atoms with E-state index in [1.54, 1.807) is 0 Å². The van der Waals surface area contributed by atoms with Crippen LogP contribution in [0.2, 0.25) is 0 Å². The van der Waals surface area contributed by atoms with E-state index in [1.807, 2.05) is 19.9 Å². The van der Waals surface area contributed by atoms with Crippen LogP contribution in [0.1, 0.15) is 26.7 Å². The highest BCUT2D eigenvalue weighted by atomic mass is 16.5. The van der Waals surface area contributed by atoms with Gasteiger partial charge in [-0.2, -0.15) is 0 Å². The van der Waals surface area contributed by atoms with Crippen molar-refractivity contribution in [2.75, 3.05) is 13.2 Å². The summed E-state index contributed by atoms with van der Waals surface area (Å²) in [6.07, 6.45) is 3.78. The van der Waals surface area contributed by atoms with Crippen LogP contribution in [0.4, 0.5) is 0 Å². The number of rotatable bonds is 2. The normalized spacial score (nSPS) is 26.4. The summed E-state index contributed by atoms with van der Waals surface area (Å²) in [4.78, 5) is 0. The first kappa shape index (κ1) is 9.75. The van der Waals surface area contributed by atoms with Gasteiger partial charge in [-0.15, -0.1) is 0 Å². The summed E-state index contributed by atoms with van der Waals surface area (Å²) in [6, 6.07) is 0. The fourth-order valence-corrected chi connectivity index (χ4v) is 1.51. The zero-order valence-electron chi connectivity index (χ0n) is 7.92. The molecule has 0 amide bonds. The second-order valence-corrected chi connectivity index (χ2v) is 3.71. The van der Waals surface area contributed by atoms with Gasteiger partial charge in [-0.05, 0) is 26.7 Å². The predicted molar refractivity (Wildman–Crippen MR) is 49.0 cm³/mol. The van der Waals surface area contributed by atoms with Crippen molar-refractivity contribution < 1.29 is 9.84 Å². The molecule has 2 nitrogen and oxygen atoms in total. The summed E-state index contributed by atoms with van der Waals surface area (Å²) in [6.45, 7) is 5.59. The molecule has 0 bridgehead atoms. The lowest BCUT2D eigenvalue weighted by Crippen LogP contribution is -2.27. The molecule has 1 saturated heterocycles. The summed E-state index contributed by atoms with van der Waals surface area (Å²) in [7, 11) is 0. The Kier molecular flexibility index (Phi) is 3.76. The van der Waals surface area contributed by atoms with Gasteiger partial charge in [0.05, 0.1) is 12.7 Å². The van der Waals surface area contributed by atoms with E-state index in [1.165, 1.54) is 5.57 Å². The third-order valence-corrected chi connectivity index (χ3v) is 2.18. The average molecular weight is 170 g/mol. The highest BCUT2D eigenvalue weighted by Gasteiger charge is 2.20. The van der Waals surface area contributed by atoms with Crippen LogP contribution in [0.3, 0.4) is 0 Å². The first-order valence-electron chi connectivity index (χ1n) is 4.61. The molecule has 1 aliphatic rings. The molecular formula is C10H18O2. The second kappa shape index (κ2) is 4.63. The number of hydrogen-bond acceptors (Lipinski definition) is 2. The monoisotopic (exact) mass is 170 g/mol. The van der Waals surface area contributed by atoms with Gasteiger partial charge < -0.3 is 9.84 Å². The quantitative estimate of drug-likeness (QED) is 0.640. The highest BCUT2D eigenvalue weighted by Crippen LogP contribution is 2.18. The van der Waals surface area contributed by atoms with E-state index in [-0.39, 0.29) is 6.10 Å². The average Bonchev–Trinajstić information content (AvgIpc) is 2.05. The summed E-state index contributed by atoms with van der Waals surface area (Å²) < 4.78 is 5.30. The fourth-order valence-electron chi connectivity index (χ4n) is 1.51. The molecule has 0 aromatic rings. The van der Waals surface area contributed by atoms with Crippen molar-refractivity contribution in [1.82, 2.24) is 0 Å². The number of ether oxygens (including phenoxy) is 1. The SMILES string of the molecule is CC(C)=CC(O)C1CCCOC1. The standard InChI is InChI=1S/C10H18O2/c1-8(2)6-10(11)9-4-3-5-12-7-9/h6,9-11H,3-5,7H2,1-2H3. The van der Waals surface area contributed by atoms with Gasteiger partial charge in [0.2, 0.25) is 0 Å². The minimum absolute atomic E-state index is 0.310. The first-order valence-corrected chi connectivity index (χ1v) is 4.61. The van der Waals surface area contributed by atoms with Crippen LogP contribution < -0.4 is 0 Å². The van der Waals surface area contributed by atoms with Gasteiger partial charge in [0.15, 0.2) is 0 Å². The highest BCUT2D eigenvalue weighted by molar-refractivity contribution is 5.00. The van der Waals surface area contributed by atoms with E-state index in [4.69, 9.17) is 4.74 Å². The molecular weight excluding hydrogens is 152 g/mol. The lowest BCUT2D eigenvalue weighted by atomic mass is 9.95. The molecule has 70 valence electrons. The summed E-state index contributed by atoms with van der Waals surface area (Å²) in [5, 5.41) is 9.69. The Balaban J connectivity index is 2.39. The Morgan fingerprint density at radius 1 is 1.58 bits per heavy atom. The molecule has 1 N–H and O–H groups in total. The lowest BCUT2D eigenvalue weighted by molar-refractivity contribution is 0.00776. The molecule has 0 spiro atoms. The van der Waals surface area contributed by atoms with E-state index >= 15 is 0 Å². The summed E-state index contributed by atoms with van der Waals surface area (Å²) >= 11 is 0. The number of allylic oxidation sites excluding steroid dienone is 1. The molecule has 2 unspecified atom stereocenters. The molecule has 0 aromatic carbocycles. The van der Waals surface area contributed by atoms with Gasteiger partial charge in [-0.1, -0.05) is 11.6 Å². The zero-order valence-corrected chi connectivity index (χ0v) is 7.92. The third-order valence-electron chi connectivity index (χ3n) is 2.18. The van der Waals surface area contributed by atoms with Gasteiger partial charge in [0.25, 0.3) is 0 Å². The maximum absolute atomic E-state index is 9.69. The lowest BCUT2D eigenvalue weighted by Gasteiger charge is -2.25. The Bertz CT molecular complexity index is 153. The molecule has 0 aliphatic carbocycles. The number of aliphatic hydroxyl groups is 1. The molecule has 1 rings (SSSR count). The third kappa shape index (κ3) is 2.95. The Labute approximate surface area is 74.2 Å². The van der Waals surface area contributed by atoms with E-state index in [2.05, 4.69) is 0 Å². The van der Waals surface area contributed by atoms with Gasteiger partial charge in [0.1, 0.15) is 0 Å². The first-order chi connectivity index (χ1) is 5.70. The van der Waals surface area contributed by atoms with Gasteiger partial charge >= 0.3 is 0 Å². The predicted octanol–water partition coefficient (Wildman–Crippen LogP) is 1.74. The maximum Gasteiger partial charge on any atom is 0.0773 e. The fraction of sp³-hybridized carbons (Fsp3) is 0.800. The molecule has 2 heteroatoms. The van der Waals surface area contributed by atoms with Gasteiger partial charge in [-0.25, -0.2) is 0 Å². The van der Waals surface area contributed by atoms with Gasteiger partial charge in [0, 0.05) is 12.5 Å². The molecule has 12 heavy (non-hydrogen) atoms. The molecule has 1 fully saturated rings. The van der Waals surface area contributed by atoms with E-state index < -0.39 is 0 Å². The van der Waals surface area contributed by atoms with Crippen LogP contribution in [0.15, 0.2) is 11.6 Å². The molecule has 1 heterocycles. The second-order valence-electron chi connectivity index (χ2n) is 3.71. The Morgan fingerprint density at radius 3 is 2.83 bits per heavy atom. The zero-order chi connectivity index (χ0) is 8.97. The van der Waals surface area contributed by atoms with Crippen molar-refractivity contribution in [3.05, 3.63) is 11.6 Å². The van der Waals surface area contributed by atoms with Crippen LogP contribution in [0.5, 0.6) is 0 Å². The minimum Gasteiger partial charge on any atom is -0.389 e. The Hall–Kier alpha value is -0.340. The summed E-state index contributed by atoms with van der Waals surface area (Å²) in [5.41, 5.74) is 1.17. The number of aliphatic hydroxyl groups excluding tert-OH is 1. The van der Waals surface area contributed by atoms with Crippen LogP contribution in [0, 0.1) is 5.92 Å². The van der Waals surface area contributed by atoms with Crippen LogP contribution in [0.25, 0.3) is 0 Å². The van der Waals surface area contributed by atoms with Crippen molar-refractivity contribution in [2.45, 2.75) is 32.8 Å². The van der Waals surface area contributed by atoms with Crippen molar-refractivity contribution in [3.63, 3.8) is 0 Å². The van der Waals surface area contributed by atoms with E-state index in [0.717, 1.165) is 19.4 Å². The van der Waals surface area contributed by atoms with Crippen molar-refractivity contribution >= 4 is 0 Å². The van der Waals surface area contributed by atoms with E-state index in [0.29, 0.717) is 12.5 Å². The molecule has 0 aromatic heterocycles. The molecule has 0 radical (unpaired) electrons. The van der Waals surface area contributed by atoms with Crippen LogP contribution in [-0.4, -0.2) is 24.4 Å². The van der Waals surface area contributed by atoms with Crippen molar-refractivity contribution in [1.29, 1.82) is 0 Å². The van der Waals surface area contributed by atoms with Crippen LogP contribution >= 0.6 is 0 Å². The Morgan fingerprint density at radius 2 is 2.33 bits per heavy atom. The largest absolute Gasteiger partial charge is 0.389 e. The van der Waals surface area contributed by atoms with Crippen molar-refractivity contribution in [3.8, 4) is 0 Å².